The number of ether oxygens (including phenoxy) is 2. The van der Waals surface area contributed by atoms with Crippen molar-refractivity contribution in [3.63, 3.8) is 0 Å². The highest BCUT2D eigenvalue weighted by atomic mass is 19.1. The minimum absolute atomic E-state index is 0.0770. The Morgan fingerprint density at radius 2 is 2.00 bits per heavy atom. The van der Waals surface area contributed by atoms with E-state index in [9.17, 15) is 9.18 Å². The average molecular weight is 424 g/mol. The van der Waals surface area contributed by atoms with Gasteiger partial charge < -0.3 is 14.0 Å². The van der Waals surface area contributed by atoms with Crippen molar-refractivity contribution in [3.05, 3.63) is 52.6 Å². The standard InChI is InChI=1S/C21H21FN6O3/c22-13-5-6-15-16(9-13)26(11-14-3-1-7-30-14)21(29)19-20(23-12-27(15)19)28-17(10-24-25-28)18-4-2-8-31-18/h5-6,9-10,12,14,18H,1-4,7-8,11H2. The second-order valence-corrected chi connectivity index (χ2v) is 8.04. The lowest BCUT2D eigenvalue weighted by Crippen LogP contribution is -2.29. The van der Waals surface area contributed by atoms with Crippen LogP contribution < -0.4 is 5.56 Å². The lowest BCUT2D eigenvalue weighted by Gasteiger charge is -2.16. The zero-order valence-corrected chi connectivity index (χ0v) is 16.8. The van der Waals surface area contributed by atoms with Crippen molar-refractivity contribution in [1.29, 1.82) is 0 Å². The van der Waals surface area contributed by atoms with Crippen LogP contribution in [-0.4, -0.2) is 48.3 Å². The molecule has 2 fully saturated rings. The van der Waals surface area contributed by atoms with E-state index in [4.69, 9.17) is 9.47 Å². The van der Waals surface area contributed by atoms with Crippen molar-refractivity contribution in [1.82, 2.24) is 28.9 Å². The molecule has 2 unspecified atom stereocenters. The number of aromatic nitrogens is 6. The molecule has 1 aromatic carbocycles. The molecule has 10 heteroatoms. The largest absolute Gasteiger partial charge is 0.376 e. The van der Waals surface area contributed by atoms with Gasteiger partial charge in [0.1, 0.15) is 18.2 Å². The Kier molecular flexibility index (Phi) is 4.35. The Morgan fingerprint density at radius 1 is 1.13 bits per heavy atom. The number of imidazole rings is 1. The number of halogens is 1. The lowest BCUT2D eigenvalue weighted by molar-refractivity contribution is 0.0973. The molecule has 6 rings (SSSR count). The highest BCUT2D eigenvalue weighted by Crippen LogP contribution is 2.30. The van der Waals surface area contributed by atoms with Gasteiger partial charge in [-0.05, 0) is 43.9 Å². The summed E-state index contributed by atoms with van der Waals surface area (Å²) >= 11 is 0. The van der Waals surface area contributed by atoms with E-state index in [0.29, 0.717) is 42.1 Å². The molecule has 3 aromatic heterocycles. The van der Waals surface area contributed by atoms with Crippen molar-refractivity contribution >= 4 is 16.6 Å². The molecule has 2 aliphatic rings. The van der Waals surface area contributed by atoms with Gasteiger partial charge in [-0.2, -0.15) is 4.68 Å². The van der Waals surface area contributed by atoms with Crippen molar-refractivity contribution in [2.45, 2.75) is 44.4 Å². The van der Waals surface area contributed by atoms with E-state index in [1.165, 1.54) is 12.1 Å². The van der Waals surface area contributed by atoms with E-state index in [2.05, 4.69) is 15.3 Å². The molecule has 0 saturated carbocycles. The van der Waals surface area contributed by atoms with E-state index in [0.717, 1.165) is 31.4 Å². The first-order valence-corrected chi connectivity index (χ1v) is 10.5. The van der Waals surface area contributed by atoms with Crippen molar-refractivity contribution in [2.24, 2.45) is 0 Å². The minimum atomic E-state index is -0.398. The number of hydrogen-bond donors (Lipinski definition) is 0. The maximum atomic E-state index is 14.1. The van der Waals surface area contributed by atoms with Crippen molar-refractivity contribution in [2.75, 3.05) is 13.2 Å². The molecule has 2 atom stereocenters. The van der Waals surface area contributed by atoms with Crippen LogP contribution in [0.3, 0.4) is 0 Å². The molecule has 2 saturated heterocycles. The molecular formula is C21H21FN6O3. The van der Waals surface area contributed by atoms with Gasteiger partial charge in [0, 0.05) is 13.2 Å². The third-order valence-corrected chi connectivity index (χ3v) is 6.13. The number of hydrogen-bond acceptors (Lipinski definition) is 6. The Bertz CT molecular complexity index is 1330. The third-order valence-electron chi connectivity index (χ3n) is 6.13. The monoisotopic (exact) mass is 424 g/mol. The van der Waals surface area contributed by atoms with Crippen LogP contribution in [0.2, 0.25) is 0 Å². The maximum absolute atomic E-state index is 14.1. The van der Waals surface area contributed by atoms with Gasteiger partial charge in [-0.1, -0.05) is 5.21 Å². The fraction of sp³-hybridized carbons (Fsp3) is 0.429. The zero-order valence-electron chi connectivity index (χ0n) is 16.8. The fourth-order valence-corrected chi connectivity index (χ4v) is 4.64. The van der Waals surface area contributed by atoms with Crippen LogP contribution in [0.4, 0.5) is 4.39 Å². The highest BCUT2D eigenvalue weighted by molar-refractivity contribution is 5.81. The lowest BCUT2D eigenvalue weighted by atomic mass is 10.2. The molecule has 0 amide bonds. The van der Waals surface area contributed by atoms with Gasteiger partial charge in [-0.3, -0.25) is 9.20 Å². The number of rotatable bonds is 4. The van der Waals surface area contributed by atoms with Gasteiger partial charge in [0.15, 0.2) is 11.3 Å². The Hall–Kier alpha value is -3.11. The van der Waals surface area contributed by atoms with Crippen LogP contribution in [0.5, 0.6) is 0 Å². The molecule has 2 aliphatic heterocycles. The second-order valence-electron chi connectivity index (χ2n) is 8.04. The quantitative estimate of drug-likeness (QED) is 0.500. The van der Waals surface area contributed by atoms with Crippen LogP contribution in [0.15, 0.2) is 35.5 Å². The normalized spacial score (nSPS) is 21.6. The van der Waals surface area contributed by atoms with Gasteiger partial charge >= 0.3 is 0 Å². The smallest absolute Gasteiger partial charge is 0.279 e. The SMILES string of the molecule is O=c1c2c(-n3nncc3C3CCCO3)ncn2c2ccc(F)cc2n1CC1CCCO1. The molecule has 160 valence electrons. The van der Waals surface area contributed by atoms with Gasteiger partial charge in [0.2, 0.25) is 0 Å². The van der Waals surface area contributed by atoms with Gasteiger partial charge in [0.25, 0.3) is 5.56 Å². The van der Waals surface area contributed by atoms with Crippen LogP contribution in [0.1, 0.15) is 37.5 Å². The molecule has 0 bridgehead atoms. The molecule has 0 aliphatic carbocycles. The fourth-order valence-electron chi connectivity index (χ4n) is 4.64. The summed E-state index contributed by atoms with van der Waals surface area (Å²) in [5.74, 6) is -0.00932. The van der Waals surface area contributed by atoms with E-state index >= 15 is 0 Å². The van der Waals surface area contributed by atoms with Gasteiger partial charge in [-0.15, -0.1) is 5.10 Å². The predicted molar refractivity (Wildman–Crippen MR) is 109 cm³/mol. The predicted octanol–water partition coefficient (Wildman–Crippen LogP) is 2.40. The Labute approximate surface area is 176 Å². The first kappa shape index (κ1) is 18.6. The minimum Gasteiger partial charge on any atom is -0.376 e. The molecule has 9 nitrogen and oxygen atoms in total. The van der Waals surface area contributed by atoms with Crippen molar-refractivity contribution in [3.8, 4) is 5.82 Å². The number of fused-ring (bicyclic) bond motifs is 3. The summed E-state index contributed by atoms with van der Waals surface area (Å²) in [6, 6.07) is 4.44. The molecular weight excluding hydrogens is 403 g/mol. The number of benzene rings is 1. The van der Waals surface area contributed by atoms with E-state index in [1.54, 1.807) is 32.2 Å². The Morgan fingerprint density at radius 3 is 2.81 bits per heavy atom. The summed E-state index contributed by atoms with van der Waals surface area (Å²) in [5.41, 5.74) is 2.06. The first-order valence-electron chi connectivity index (χ1n) is 10.5. The summed E-state index contributed by atoms with van der Waals surface area (Å²) in [7, 11) is 0. The third kappa shape index (κ3) is 2.97. The van der Waals surface area contributed by atoms with Gasteiger partial charge in [-0.25, -0.2) is 9.37 Å². The van der Waals surface area contributed by atoms with Crippen LogP contribution in [0, 0.1) is 5.82 Å². The van der Waals surface area contributed by atoms with E-state index in [1.807, 2.05) is 0 Å². The van der Waals surface area contributed by atoms with Crippen molar-refractivity contribution < 1.29 is 13.9 Å². The van der Waals surface area contributed by atoms with Crippen LogP contribution >= 0.6 is 0 Å². The first-order chi connectivity index (χ1) is 15.2. The van der Waals surface area contributed by atoms with E-state index in [-0.39, 0.29) is 17.8 Å². The highest BCUT2D eigenvalue weighted by Gasteiger charge is 2.27. The number of nitrogens with zero attached hydrogens (tertiary/aromatic N) is 6. The Balaban J connectivity index is 1.59. The molecule has 0 N–H and O–H groups in total. The maximum Gasteiger partial charge on any atom is 0.279 e. The van der Waals surface area contributed by atoms with Crippen LogP contribution in [0.25, 0.3) is 22.4 Å². The van der Waals surface area contributed by atoms with E-state index < -0.39 is 5.82 Å². The summed E-state index contributed by atoms with van der Waals surface area (Å²) in [6.45, 7) is 1.72. The summed E-state index contributed by atoms with van der Waals surface area (Å²) < 4.78 is 30.5. The van der Waals surface area contributed by atoms with Crippen LogP contribution in [-0.2, 0) is 16.0 Å². The molecule has 0 radical (unpaired) electrons. The molecule has 0 spiro atoms. The summed E-state index contributed by atoms with van der Waals surface area (Å²) in [4.78, 5) is 18.2. The molecule has 4 aromatic rings. The topological polar surface area (TPSA) is 88.5 Å². The average Bonchev–Trinajstić information content (AvgIpc) is 3.56. The molecule has 5 heterocycles. The molecule has 31 heavy (non-hydrogen) atoms. The second kappa shape index (κ2) is 7.24. The summed E-state index contributed by atoms with van der Waals surface area (Å²) in [6.07, 6.45) is 6.67. The summed E-state index contributed by atoms with van der Waals surface area (Å²) in [5, 5.41) is 8.24. The zero-order chi connectivity index (χ0) is 20.9. The van der Waals surface area contributed by atoms with Gasteiger partial charge in [0.05, 0.1) is 35.6 Å².